The summed E-state index contributed by atoms with van der Waals surface area (Å²) in [6.45, 7) is 3.70. The van der Waals surface area contributed by atoms with Gasteiger partial charge in [0.1, 0.15) is 16.6 Å². The van der Waals surface area contributed by atoms with Gasteiger partial charge in [-0.25, -0.2) is 20.2 Å². The van der Waals surface area contributed by atoms with Gasteiger partial charge in [0.25, 0.3) is 5.91 Å². The van der Waals surface area contributed by atoms with Crippen molar-refractivity contribution in [2.45, 2.75) is 13.8 Å². The first kappa shape index (κ1) is 20.5. The molecule has 0 bridgehead atoms. The highest BCUT2D eigenvalue weighted by Crippen LogP contribution is 2.22. The zero-order valence-electron chi connectivity index (χ0n) is 15.3. The maximum Gasteiger partial charge on any atom is 0.337 e. The number of aryl methyl sites for hydroxylation is 2. The molecule has 0 saturated heterocycles. The van der Waals surface area contributed by atoms with Gasteiger partial charge in [-0.1, -0.05) is 23.2 Å². The van der Waals surface area contributed by atoms with E-state index in [2.05, 4.69) is 20.5 Å². The molecule has 1 aromatic carbocycles. The minimum atomic E-state index is -1.09. The van der Waals surface area contributed by atoms with Gasteiger partial charge in [-0.15, -0.1) is 0 Å². The third kappa shape index (κ3) is 4.28. The number of hydrazone groups is 1. The van der Waals surface area contributed by atoms with Gasteiger partial charge in [0.05, 0.1) is 23.0 Å². The number of nitrogens with zero attached hydrogens (tertiary/aromatic N) is 4. The van der Waals surface area contributed by atoms with E-state index in [4.69, 9.17) is 23.2 Å². The summed E-state index contributed by atoms with van der Waals surface area (Å²) in [6.07, 6.45) is 2.44. The number of carbonyl (C=O) groups is 2. The quantitative estimate of drug-likeness (QED) is 0.363. The second kappa shape index (κ2) is 8.42. The number of rotatable bonds is 5. The fourth-order valence-corrected chi connectivity index (χ4v) is 3.18. The molecule has 29 heavy (non-hydrogen) atoms. The Morgan fingerprint density at radius 3 is 2.31 bits per heavy atom. The van der Waals surface area contributed by atoms with Crippen LogP contribution >= 0.6 is 23.2 Å². The minimum Gasteiger partial charge on any atom is -0.478 e. The summed E-state index contributed by atoms with van der Waals surface area (Å²) in [5.41, 5.74) is 4.99. The molecule has 3 aromatic rings. The molecule has 3 rings (SSSR count). The van der Waals surface area contributed by atoms with E-state index in [9.17, 15) is 14.7 Å². The number of carboxylic acid groups (broad SMARTS) is 1. The van der Waals surface area contributed by atoms with Crippen molar-refractivity contribution in [2.24, 2.45) is 5.10 Å². The minimum absolute atomic E-state index is 0.0763. The van der Waals surface area contributed by atoms with Crippen molar-refractivity contribution in [2.75, 3.05) is 0 Å². The molecule has 2 N–H and O–H groups in total. The highest BCUT2D eigenvalue weighted by Gasteiger charge is 2.17. The third-order valence-corrected chi connectivity index (χ3v) is 4.75. The lowest BCUT2D eigenvalue weighted by atomic mass is 10.1. The molecular formula is C19H15Cl2N5O3. The van der Waals surface area contributed by atoms with Crippen molar-refractivity contribution in [1.82, 2.24) is 20.0 Å². The lowest BCUT2D eigenvalue weighted by Gasteiger charge is -2.14. The standard InChI is InChI=1S/C19H15Cl2N5O3/c1-10-3-4-11(2)26(10)15-7-12(5-6-13(15)19(28)29)18(27)25-24-8-14-16(20)22-9-23-17(14)21/h3-9H,1-2H3,(H,25,27)(H,28,29). The van der Waals surface area contributed by atoms with Crippen LogP contribution in [0.1, 0.15) is 37.7 Å². The Morgan fingerprint density at radius 2 is 1.72 bits per heavy atom. The van der Waals surface area contributed by atoms with E-state index in [0.717, 1.165) is 11.4 Å². The number of carboxylic acids is 1. The summed E-state index contributed by atoms with van der Waals surface area (Å²) in [6, 6.07) is 8.03. The van der Waals surface area contributed by atoms with Gasteiger partial charge < -0.3 is 9.67 Å². The van der Waals surface area contributed by atoms with E-state index in [1.807, 2.05) is 26.0 Å². The molecule has 8 nitrogen and oxygen atoms in total. The Kier molecular flexibility index (Phi) is 5.95. The normalized spacial score (nSPS) is 11.0. The Balaban J connectivity index is 1.91. The number of hydrogen-bond donors (Lipinski definition) is 2. The molecule has 0 aliphatic carbocycles. The van der Waals surface area contributed by atoms with Gasteiger partial charge in [0, 0.05) is 17.0 Å². The number of carbonyl (C=O) groups excluding carboxylic acids is 1. The number of nitrogens with one attached hydrogen (secondary N) is 1. The topological polar surface area (TPSA) is 109 Å². The number of benzene rings is 1. The van der Waals surface area contributed by atoms with Crippen LogP contribution in [0.2, 0.25) is 10.3 Å². The summed E-state index contributed by atoms with van der Waals surface area (Å²) >= 11 is 11.8. The molecule has 2 aromatic heterocycles. The van der Waals surface area contributed by atoms with E-state index in [-0.39, 0.29) is 27.0 Å². The zero-order valence-corrected chi connectivity index (χ0v) is 16.9. The first-order chi connectivity index (χ1) is 13.8. The largest absolute Gasteiger partial charge is 0.478 e. The molecule has 0 atom stereocenters. The summed E-state index contributed by atoms with van der Waals surface area (Å²) < 4.78 is 1.77. The number of amides is 1. The molecule has 148 valence electrons. The molecule has 1 amide bonds. The molecule has 0 aliphatic rings. The van der Waals surface area contributed by atoms with E-state index >= 15 is 0 Å². The van der Waals surface area contributed by atoms with E-state index in [0.29, 0.717) is 5.69 Å². The Labute approximate surface area is 175 Å². The van der Waals surface area contributed by atoms with Gasteiger partial charge in [-0.05, 0) is 44.2 Å². The van der Waals surface area contributed by atoms with Gasteiger partial charge >= 0.3 is 5.97 Å². The molecule has 0 unspecified atom stereocenters. The number of hydrogen-bond acceptors (Lipinski definition) is 5. The number of aromatic carboxylic acids is 1. The molecule has 0 fully saturated rings. The van der Waals surface area contributed by atoms with Crippen molar-refractivity contribution in [1.29, 1.82) is 0 Å². The van der Waals surface area contributed by atoms with Crippen LogP contribution in [0.3, 0.4) is 0 Å². The summed E-state index contributed by atoms with van der Waals surface area (Å²) in [5.74, 6) is -1.63. The van der Waals surface area contributed by atoms with Crippen molar-refractivity contribution >= 4 is 41.3 Å². The third-order valence-electron chi connectivity index (χ3n) is 4.15. The fraction of sp³-hybridized carbons (Fsp3) is 0.105. The highest BCUT2D eigenvalue weighted by atomic mass is 35.5. The van der Waals surface area contributed by atoms with E-state index in [1.165, 1.54) is 30.7 Å². The Bertz CT molecular complexity index is 1100. The van der Waals surface area contributed by atoms with E-state index < -0.39 is 11.9 Å². The zero-order chi connectivity index (χ0) is 21.1. The summed E-state index contributed by atoms with van der Waals surface area (Å²) in [7, 11) is 0. The molecule has 0 spiro atoms. The second-order valence-corrected chi connectivity index (χ2v) is 6.77. The molecule has 0 saturated carbocycles. The van der Waals surface area contributed by atoms with Crippen LogP contribution < -0.4 is 5.43 Å². The van der Waals surface area contributed by atoms with Gasteiger partial charge in [-0.3, -0.25) is 4.79 Å². The second-order valence-electron chi connectivity index (χ2n) is 6.06. The Morgan fingerprint density at radius 1 is 1.10 bits per heavy atom. The molecule has 2 heterocycles. The van der Waals surface area contributed by atoms with Crippen LogP contribution in [0.25, 0.3) is 5.69 Å². The molecule has 10 heteroatoms. The lowest BCUT2D eigenvalue weighted by Crippen LogP contribution is -2.19. The average Bonchev–Trinajstić information content (AvgIpc) is 3.01. The van der Waals surface area contributed by atoms with Gasteiger partial charge in [0.2, 0.25) is 0 Å². The maximum atomic E-state index is 12.5. The average molecular weight is 432 g/mol. The number of aromatic nitrogens is 3. The highest BCUT2D eigenvalue weighted by molar-refractivity contribution is 6.37. The van der Waals surface area contributed by atoms with Crippen LogP contribution in [0.5, 0.6) is 0 Å². The maximum absolute atomic E-state index is 12.5. The summed E-state index contributed by atoms with van der Waals surface area (Å²) in [4.78, 5) is 31.7. The fourth-order valence-electron chi connectivity index (χ4n) is 2.77. The first-order valence-corrected chi connectivity index (χ1v) is 9.07. The SMILES string of the molecule is Cc1ccc(C)n1-c1cc(C(=O)NN=Cc2c(Cl)ncnc2Cl)ccc1C(=O)O. The van der Waals surface area contributed by atoms with Crippen LogP contribution in [0, 0.1) is 13.8 Å². The predicted molar refractivity (Wildman–Crippen MR) is 109 cm³/mol. The number of halogens is 2. The van der Waals surface area contributed by atoms with Crippen molar-refractivity contribution < 1.29 is 14.7 Å². The lowest BCUT2D eigenvalue weighted by molar-refractivity contribution is 0.0696. The Hall–Kier alpha value is -3.23. The monoisotopic (exact) mass is 431 g/mol. The predicted octanol–water partition coefficient (Wildman–Crippen LogP) is 3.65. The van der Waals surface area contributed by atoms with E-state index in [1.54, 1.807) is 4.57 Å². The molecule has 0 radical (unpaired) electrons. The van der Waals surface area contributed by atoms with Crippen LogP contribution in [-0.2, 0) is 0 Å². The molecular weight excluding hydrogens is 417 g/mol. The first-order valence-electron chi connectivity index (χ1n) is 8.31. The molecule has 0 aliphatic heterocycles. The van der Waals surface area contributed by atoms with Crippen molar-refractivity contribution in [3.8, 4) is 5.69 Å². The summed E-state index contributed by atoms with van der Waals surface area (Å²) in [5, 5.41) is 13.5. The van der Waals surface area contributed by atoms with Crippen LogP contribution in [-0.4, -0.2) is 37.7 Å². The van der Waals surface area contributed by atoms with Crippen LogP contribution in [0.4, 0.5) is 0 Å². The van der Waals surface area contributed by atoms with Crippen LogP contribution in [0.15, 0.2) is 41.8 Å². The van der Waals surface area contributed by atoms with Gasteiger partial charge in [-0.2, -0.15) is 5.10 Å². The smallest absolute Gasteiger partial charge is 0.337 e. The van der Waals surface area contributed by atoms with Crippen molar-refractivity contribution in [3.05, 3.63) is 75.0 Å². The van der Waals surface area contributed by atoms with Crippen molar-refractivity contribution in [3.63, 3.8) is 0 Å². The van der Waals surface area contributed by atoms with Gasteiger partial charge in [0.15, 0.2) is 0 Å².